The molecule has 5 heteroatoms. The van der Waals surface area contributed by atoms with E-state index in [0.717, 1.165) is 17.1 Å². The Morgan fingerprint density at radius 3 is 2.71 bits per heavy atom. The maximum Gasteiger partial charge on any atom is 0.151 e. The zero-order valence-corrected chi connectivity index (χ0v) is 10.2. The van der Waals surface area contributed by atoms with Gasteiger partial charge >= 0.3 is 0 Å². The van der Waals surface area contributed by atoms with E-state index in [4.69, 9.17) is 18.0 Å². The van der Waals surface area contributed by atoms with Crippen molar-refractivity contribution in [1.82, 2.24) is 9.97 Å². The lowest BCUT2D eigenvalue weighted by molar-refractivity contribution is 1.09. The molecule has 2 aromatic rings. The van der Waals surface area contributed by atoms with E-state index in [0.29, 0.717) is 4.99 Å². The second-order valence-electron chi connectivity index (χ2n) is 3.50. The molecule has 0 atom stereocenters. The van der Waals surface area contributed by atoms with Crippen LogP contribution in [-0.4, -0.2) is 22.0 Å². The van der Waals surface area contributed by atoms with Crippen molar-refractivity contribution in [2.24, 2.45) is 5.73 Å². The Balaban J connectivity index is 2.44. The van der Waals surface area contributed by atoms with Crippen LogP contribution in [0.15, 0.2) is 42.9 Å². The Hall–Kier alpha value is -2.01. The minimum atomic E-state index is 0.372. The Labute approximate surface area is 105 Å². The molecular weight excluding hydrogens is 232 g/mol. The second-order valence-corrected chi connectivity index (χ2v) is 3.94. The van der Waals surface area contributed by atoms with Crippen molar-refractivity contribution in [2.45, 2.75) is 0 Å². The number of benzene rings is 1. The fourth-order valence-electron chi connectivity index (χ4n) is 1.56. The standard InChI is InChI=1S/C12H12N4S/c1-16(11-8-14-6-7-15-11)10-5-3-2-4-9(10)12(13)17/h2-8H,1H3,(H2,13,17). The van der Waals surface area contributed by atoms with Crippen LogP contribution in [0.4, 0.5) is 11.5 Å². The first kappa shape index (κ1) is 11.5. The third-order valence-electron chi connectivity index (χ3n) is 2.42. The highest BCUT2D eigenvalue weighted by molar-refractivity contribution is 7.80. The van der Waals surface area contributed by atoms with E-state index in [-0.39, 0.29) is 0 Å². The largest absolute Gasteiger partial charge is 0.389 e. The van der Waals surface area contributed by atoms with Crippen molar-refractivity contribution >= 4 is 28.7 Å². The normalized spacial score (nSPS) is 9.94. The number of hydrogen-bond acceptors (Lipinski definition) is 4. The summed E-state index contributed by atoms with van der Waals surface area (Å²) in [5, 5.41) is 0. The van der Waals surface area contributed by atoms with Gasteiger partial charge in [-0.1, -0.05) is 24.4 Å². The molecule has 0 amide bonds. The summed E-state index contributed by atoms with van der Waals surface area (Å²) in [5.41, 5.74) is 7.45. The van der Waals surface area contributed by atoms with Crippen LogP contribution in [0.2, 0.25) is 0 Å². The van der Waals surface area contributed by atoms with Crippen LogP contribution in [0.25, 0.3) is 0 Å². The highest BCUT2D eigenvalue weighted by atomic mass is 32.1. The minimum absolute atomic E-state index is 0.372. The maximum absolute atomic E-state index is 5.70. The van der Waals surface area contributed by atoms with Crippen LogP contribution < -0.4 is 10.6 Å². The molecule has 4 nitrogen and oxygen atoms in total. The van der Waals surface area contributed by atoms with Crippen LogP contribution in [0.5, 0.6) is 0 Å². The summed E-state index contributed by atoms with van der Waals surface area (Å²) >= 11 is 5.03. The minimum Gasteiger partial charge on any atom is -0.389 e. The summed E-state index contributed by atoms with van der Waals surface area (Å²) in [6.45, 7) is 0. The first-order valence-electron chi connectivity index (χ1n) is 5.08. The van der Waals surface area contributed by atoms with Gasteiger partial charge in [-0.15, -0.1) is 0 Å². The number of anilines is 2. The molecule has 0 radical (unpaired) electrons. The van der Waals surface area contributed by atoms with Crippen LogP contribution in [-0.2, 0) is 0 Å². The van der Waals surface area contributed by atoms with Gasteiger partial charge in [0, 0.05) is 25.0 Å². The molecule has 0 aliphatic carbocycles. The summed E-state index contributed by atoms with van der Waals surface area (Å²) in [6, 6.07) is 7.68. The van der Waals surface area contributed by atoms with Gasteiger partial charge in [-0.25, -0.2) is 4.98 Å². The van der Waals surface area contributed by atoms with Gasteiger partial charge < -0.3 is 10.6 Å². The van der Waals surface area contributed by atoms with E-state index in [1.54, 1.807) is 18.6 Å². The summed E-state index contributed by atoms with van der Waals surface area (Å²) in [5.74, 6) is 0.746. The third-order valence-corrected chi connectivity index (χ3v) is 2.64. The van der Waals surface area contributed by atoms with Crippen molar-refractivity contribution in [3.63, 3.8) is 0 Å². The van der Waals surface area contributed by atoms with E-state index in [9.17, 15) is 0 Å². The molecule has 86 valence electrons. The van der Waals surface area contributed by atoms with E-state index in [1.165, 1.54) is 0 Å². The lowest BCUT2D eigenvalue weighted by Gasteiger charge is -2.20. The molecule has 2 rings (SSSR count). The fraction of sp³-hybridized carbons (Fsp3) is 0.0833. The lowest BCUT2D eigenvalue weighted by atomic mass is 10.1. The van der Waals surface area contributed by atoms with Gasteiger partial charge in [-0.2, -0.15) is 0 Å². The van der Waals surface area contributed by atoms with Gasteiger partial charge in [0.2, 0.25) is 0 Å². The van der Waals surface area contributed by atoms with E-state index in [1.807, 2.05) is 36.2 Å². The topological polar surface area (TPSA) is 55.0 Å². The fourth-order valence-corrected chi connectivity index (χ4v) is 1.73. The predicted molar refractivity (Wildman–Crippen MR) is 72.4 cm³/mol. The molecule has 0 fully saturated rings. The number of rotatable bonds is 3. The summed E-state index contributed by atoms with van der Waals surface area (Å²) in [4.78, 5) is 10.5. The number of para-hydroxylation sites is 1. The third kappa shape index (κ3) is 2.39. The molecule has 0 spiro atoms. The maximum atomic E-state index is 5.70. The van der Waals surface area contributed by atoms with Crippen LogP contribution in [0.3, 0.4) is 0 Å². The summed E-state index contributed by atoms with van der Waals surface area (Å²) < 4.78 is 0. The summed E-state index contributed by atoms with van der Waals surface area (Å²) in [7, 11) is 1.90. The molecule has 2 N–H and O–H groups in total. The monoisotopic (exact) mass is 244 g/mol. The molecule has 0 aliphatic heterocycles. The van der Waals surface area contributed by atoms with Gasteiger partial charge in [-0.05, 0) is 12.1 Å². The van der Waals surface area contributed by atoms with Gasteiger partial charge in [0.05, 0.1) is 11.9 Å². The van der Waals surface area contributed by atoms with E-state index < -0.39 is 0 Å². The SMILES string of the molecule is CN(c1cnccn1)c1ccccc1C(N)=S. The Bertz CT molecular complexity index is 527. The van der Waals surface area contributed by atoms with Gasteiger partial charge in [0.15, 0.2) is 5.82 Å². The average Bonchev–Trinajstić information content (AvgIpc) is 2.39. The van der Waals surface area contributed by atoms with Gasteiger partial charge in [-0.3, -0.25) is 4.98 Å². The molecule has 1 aromatic carbocycles. The first-order valence-corrected chi connectivity index (χ1v) is 5.49. The second kappa shape index (κ2) is 4.88. The van der Waals surface area contributed by atoms with E-state index >= 15 is 0 Å². The van der Waals surface area contributed by atoms with E-state index in [2.05, 4.69) is 9.97 Å². The quantitative estimate of drug-likeness (QED) is 0.835. The van der Waals surface area contributed by atoms with Crippen LogP contribution in [0, 0.1) is 0 Å². The van der Waals surface area contributed by atoms with Crippen LogP contribution >= 0.6 is 12.2 Å². The predicted octanol–water partition coefficient (Wildman–Crippen LogP) is 1.88. The Morgan fingerprint density at radius 2 is 2.06 bits per heavy atom. The number of thiocarbonyl (C=S) groups is 1. The van der Waals surface area contributed by atoms with Crippen LogP contribution in [0.1, 0.15) is 5.56 Å². The molecule has 0 saturated heterocycles. The van der Waals surface area contributed by atoms with Crippen molar-refractivity contribution in [3.8, 4) is 0 Å². The molecule has 0 saturated carbocycles. The lowest BCUT2D eigenvalue weighted by Crippen LogP contribution is -2.18. The molecular formula is C12H12N4S. The summed E-state index contributed by atoms with van der Waals surface area (Å²) in [6.07, 6.45) is 4.97. The number of hydrogen-bond donors (Lipinski definition) is 1. The van der Waals surface area contributed by atoms with Crippen molar-refractivity contribution in [1.29, 1.82) is 0 Å². The number of nitrogens with two attached hydrogens (primary N) is 1. The molecule has 1 heterocycles. The number of aromatic nitrogens is 2. The average molecular weight is 244 g/mol. The van der Waals surface area contributed by atoms with Crippen molar-refractivity contribution in [3.05, 3.63) is 48.4 Å². The number of nitrogens with zero attached hydrogens (tertiary/aromatic N) is 3. The molecule has 17 heavy (non-hydrogen) atoms. The Morgan fingerprint density at radius 1 is 1.29 bits per heavy atom. The highest BCUT2D eigenvalue weighted by Crippen LogP contribution is 2.24. The molecule has 1 aromatic heterocycles. The zero-order chi connectivity index (χ0) is 12.3. The molecule has 0 unspecified atom stereocenters. The van der Waals surface area contributed by atoms with Crippen molar-refractivity contribution < 1.29 is 0 Å². The molecule has 0 aliphatic rings. The zero-order valence-electron chi connectivity index (χ0n) is 9.37. The van der Waals surface area contributed by atoms with Gasteiger partial charge in [0.25, 0.3) is 0 Å². The first-order chi connectivity index (χ1) is 8.20. The van der Waals surface area contributed by atoms with Crippen molar-refractivity contribution in [2.75, 3.05) is 11.9 Å². The Kier molecular flexibility index (Phi) is 3.30. The smallest absolute Gasteiger partial charge is 0.151 e. The highest BCUT2D eigenvalue weighted by Gasteiger charge is 2.11. The molecule has 0 bridgehead atoms. The van der Waals surface area contributed by atoms with Gasteiger partial charge in [0.1, 0.15) is 4.99 Å².